The molecule has 2 heterocycles. The molecule has 0 fully saturated rings. The number of aliphatic imine (C=N–C) groups is 1. The van der Waals surface area contributed by atoms with Gasteiger partial charge in [0.2, 0.25) is 5.91 Å². The van der Waals surface area contributed by atoms with E-state index in [9.17, 15) is 4.79 Å². The third-order valence-electron chi connectivity index (χ3n) is 2.90. The molecule has 18 heavy (non-hydrogen) atoms. The molecule has 0 saturated heterocycles. The molecule has 3 rings (SSSR count). The highest BCUT2D eigenvalue weighted by atomic mass is 32.2. The number of fused-ring (bicyclic) bond motifs is 1. The van der Waals surface area contributed by atoms with Gasteiger partial charge >= 0.3 is 0 Å². The van der Waals surface area contributed by atoms with Gasteiger partial charge in [0.1, 0.15) is 5.04 Å². The number of benzene rings is 1. The quantitative estimate of drug-likeness (QED) is 0.778. The van der Waals surface area contributed by atoms with Gasteiger partial charge in [-0.3, -0.25) is 4.79 Å². The van der Waals surface area contributed by atoms with Crippen LogP contribution >= 0.6 is 11.8 Å². The van der Waals surface area contributed by atoms with E-state index >= 15 is 0 Å². The Balaban J connectivity index is 1.89. The van der Waals surface area contributed by atoms with E-state index in [-0.39, 0.29) is 5.91 Å². The van der Waals surface area contributed by atoms with Crippen molar-refractivity contribution in [2.45, 2.75) is 19.8 Å². The molecule has 0 aromatic heterocycles. The SMILES string of the molecule is Cc1ccc(C2=NN3CCCC(=O)N=C3S2)cc1. The summed E-state index contributed by atoms with van der Waals surface area (Å²) in [5.74, 6) is -0.0413. The Morgan fingerprint density at radius 3 is 2.83 bits per heavy atom. The van der Waals surface area contributed by atoms with Crippen molar-refractivity contribution in [2.75, 3.05) is 6.54 Å². The minimum absolute atomic E-state index is 0.0413. The van der Waals surface area contributed by atoms with Crippen LogP contribution in [0.4, 0.5) is 0 Å². The number of hydrazone groups is 1. The van der Waals surface area contributed by atoms with Crippen LogP contribution in [0.2, 0.25) is 0 Å². The van der Waals surface area contributed by atoms with Crippen LogP contribution in [-0.4, -0.2) is 27.7 Å². The Labute approximate surface area is 110 Å². The van der Waals surface area contributed by atoms with Crippen LogP contribution in [0.15, 0.2) is 34.4 Å². The van der Waals surface area contributed by atoms with Crippen molar-refractivity contribution in [1.29, 1.82) is 0 Å². The molecular formula is C13H13N3OS. The molecule has 0 unspecified atom stereocenters. The first-order chi connectivity index (χ1) is 8.72. The van der Waals surface area contributed by atoms with Crippen molar-refractivity contribution >= 4 is 27.9 Å². The van der Waals surface area contributed by atoms with Crippen LogP contribution in [0.3, 0.4) is 0 Å². The lowest BCUT2D eigenvalue weighted by Gasteiger charge is -2.09. The highest BCUT2D eigenvalue weighted by Crippen LogP contribution is 2.27. The van der Waals surface area contributed by atoms with Crippen LogP contribution in [0.1, 0.15) is 24.0 Å². The van der Waals surface area contributed by atoms with E-state index < -0.39 is 0 Å². The average molecular weight is 259 g/mol. The molecule has 1 aromatic rings. The van der Waals surface area contributed by atoms with Gasteiger partial charge in [-0.25, -0.2) is 5.01 Å². The van der Waals surface area contributed by atoms with E-state index in [4.69, 9.17) is 0 Å². The van der Waals surface area contributed by atoms with E-state index in [1.54, 1.807) is 0 Å². The summed E-state index contributed by atoms with van der Waals surface area (Å²) in [4.78, 5) is 15.5. The first-order valence-electron chi connectivity index (χ1n) is 5.95. The fraction of sp³-hybridized carbons (Fsp3) is 0.308. The highest BCUT2D eigenvalue weighted by molar-refractivity contribution is 8.27. The Hall–Kier alpha value is -1.62. The Kier molecular flexibility index (Phi) is 2.91. The number of nitrogens with zero attached hydrogens (tertiary/aromatic N) is 3. The average Bonchev–Trinajstić information content (AvgIpc) is 2.65. The minimum Gasteiger partial charge on any atom is -0.273 e. The second kappa shape index (κ2) is 4.57. The number of amidine groups is 1. The molecule has 5 heteroatoms. The number of hydrogen-bond acceptors (Lipinski definition) is 4. The maximum absolute atomic E-state index is 11.4. The summed E-state index contributed by atoms with van der Waals surface area (Å²) < 4.78 is 0. The summed E-state index contributed by atoms with van der Waals surface area (Å²) in [6.45, 7) is 2.83. The number of rotatable bonds is 1. The predicted molar refractivity (Wildman–Crippen MR) is 73.7 cm³/mol. The van der Waals surface area contributed by atoms with Gasteiger partial charge in [0.15, 0.2) is 5.17 Å². The Bertz CT molecular complexity index is 548. The van der Waals surface area contributed by atoms with Gasteiger partial charge < -0.3 is 0 Å². The normalized spacial score (nSPS) is 19.2. The van der Waals surface area contributed by atoms with Gasteiger partial charge in [-0.1, -0.05) is 29.8 Å². The molecule has 1 aromatic carbocycles. The van der Waals surface area contributed by atoms with Crippen LogP contribution in [-0.2, 0) is 4.79 Å². The first-order valence-corrected chi connectivity index (χ1v) is 6.76. The minimum atomic E-state index is -0.0413. The van der Waals surface area contributed by atoms with Gasteiger partial charge in [0.25, 0.3) is 0 Å². The summed E-state index contributed by atoms with van der Waals surface area (Å²) in [6, 6.07) is 8.23. The van der Waals surface area contributed by atoms with Gasteiger partial charge in [0, 0.05) is 18.5 Å². The number of carbonyl (C=O) groups excluding carboxylic acids is 1. The zero-order chi connectivity index (χ0) is 12.5. The third-order valence-corrected chi connectivity index (χ3v) is 3.90. The van der Waals surface area contributed by atoms with Gasteiger partial charge in [0.05, 0.1) is 0 Å². The second-order valence-corrected chi connectivity index (χ2v) is 5.34. The molecule has 0 atom stereocenters. The van der Waals surface area contributed by atoms with E-state index in [1.165, 1.54) is 17.3 Å². The molecule has 92 valence electrons. The summed E-state index contributed by atoms with van der Waals surface area (Å²) in [5, 5.41) is 8.01. The van der Waals surface area contributed by atoms with Gasteiger partial charge in [-0.05, 0) is 25.1 Å². The molecule has 0 bridgehead atoms. The molecule has 4 nitrogen and oxygen atoms in total. The van der Waals surface area contributed by atoms with Crippen molar-refractivity contribution in [3.63, 3.8) is 0 Å². The monoisotopic (exact) mass is 259 g/mol. The molecule has 0 radical (unpaired) electrons. The molecule has 1 amide bonds. The van der Waals surface area contributed by atoms with Gasteiger partial charge in [-0.2, -0.15) is 10.1 Å². The maximum Gasteiger partial charge on any atom is 0.248 e. The number of thioether (sulfide) groups is 1. The van der Waals surface area contributed by atoms with Crippen molar-refractivity contribution in [3.05, 3.63) is 35.4 Å². The van der Waals surface area contributed by atoms with E-state index in [1.807, 2.05) is 5.01 Å². The van der Waals surface area contributed by atoms with Crippen molar-refractivity contribution in [3.8, 4) is 0 Å². The lowest BCUT2D eigenvalue weighted by atomic mass is 10.2. The van der Waals surface area contributed by atoms with E-state index in [0.29, 0.717) is 11.6 Å². The summed E-state index contributed by atoms with van der Waals surface area (Å²) in [6.07, 6.45) is 1.34. The third kappa shape index (κ3) is 2.18. The molecule has 2 aliphatic heterocycles. The second-order valence-electron chi connectivity index (χ2n) is 4.39. The fourth-order valence-electron chi connectivity index (χ4n) is 1.89. The first kappa shape index (κ1) is 11.5. The summed E-state index contributed by atoms with van der Waals surface area (Å²) >= 11 is 1.48. The molecule has 0 N–H and O–H groups in total. The van der Waals surface area contributed by atoms with Crippen molar-refractivity contribution < 1.29 is 4.79 Å². The molecule has 0 aliphatic carbocycles. The lowest BCUT2D eigenvalue weighted by Crippen LogP contribution is -2.18. The standard InChI is InChI=1S/C13H13N3OS/c1-9-4-6-10(7-5-9)12-15-16-8-2-3-11(17)14-13(16)18-12/h4-7H,2-3,8H2,1H3. The number of carbonyl (C=O) groups is 1. The Morgan fingerprint density at radius 2 is 2.06 bits per heavy atom. The van der Waals surface area contributed by atoms with Gasteiger partial charge in [-0.15, -0.1) is 0 Å². The van der Waals surface area contributed by atoms with Crippen molar-refractivity contribution in [1.82, 2.24) is 5.01 Å². The molecule has 0 spiro atoms. The number of amides is 1. The number of aryl methyl sites for hydroxylation is 1. The Morgan fingerprint density at radius 1 is 1.28 bits per heavy atom. The lowest BCUT2D eigenvalue weighted by molar-refractivity contribution is -0.117. The predicted octanol–water partition coefficient (Wildman–Crippen LogP) is 2.38. The largest absolute Gasteiger partial charge is 0.273 e. The topological polar surface area (TPSA) is 45.0 Å². The van der Waals surface area contributed by atoms with Crippen LogP contribution in [0.25, 0.3) is 0 Å². The van der Waals surface area contributed by atoms with Crippen LogP contribution < -0.4 is 0 Å². The maximum atomic E-state index is 11.4. The van der Waals surface area contributed by atoms with E-state index in [2.05, 4.69) is 41.3 Å². The molecule has 2 aliphatic rings. The zero-order valence-corrected chi connectivity index (χ0v) is 10.9. The molecular weight excluding hydrogens is 246 g/mol. The summed E-state index contributed by atoms with van der Waals surface area (Å²) in [5.41, 5.74) is 2.30. The highest BCUT2D eigenvalue weighted by Gasteiger charge is 2.26. The smallest absolute Gasteiger partial charge is 0.248 e. The fourth-order valence-corrected chi connectivity index (χ4v) is 2.84. The van der Waals surface area contributed by atoms with Crippen LogP contribution in [0, 0.1) is 6.92 Å². The van der Waals surface area contributed by atoms with Crippen LogP contribution in [0.5, 0.6) is 0 Å². The zero-order valence-electron chi connectivity index (χ0n) is 10.1. The number of hydrogen-bond donors (Lipinski definition) is 0. The molecule has 0 saturated carbocycles. The van der Waals surface area contributed by atoms with Crippen molar-refractivity contribution in [2.24, 2.45) is 10.1 Å². The summed E-state index contributed by atoms with van der Waals surface area (Å²) in [7, 11) is 0. The van der Waals surface area contributed by atoms with E-state index in [0.717, 1.165) is 23.6 Å².